The number of benzene rings is 2. The van der Waals surface area contributed by atoms with Crippen LogP contribution in [0, 0.1) is 0 Å². The van der Waals surface area contributed by atoms with Gasteiger partial charge in [0, 0.05) is 22.0 Å². The molecule has 0 fully saturated rings. The molecule has 2 heterocycles. The maximum atomic E-state index is 12.2. The normalized spacial score (nSPS) is 11.2. The molecule has 140 valence electrons. The lowest BCUT2D eigenvalue weighted by atomic mass is 10.1. The number of ether oxygens (including phenoxy) is 1. The molecule has 0 spiro atoms. The molecule has 2 aromatic heterocycles. The SMILES string of the molecule is COc1ccccc1-c1csc2nc(NC(=O)/C=C/c3cccc(Cl)c3)nn12. The van der Waals surface area contributed by atoms with E-state index in [-0.39, 0.29) is 11.9 Å². The van der Waals surface area contributed by atoms with Crippen molar-refractivity contribution in [3.05, 3.63) is 70.6 Å². The monoisotopic (exact) mass is 410 g/mol. The summed E-state index contributed by atoms with van der Waals surface area (Å²) in [7, 11) is 1.63. The number of hydrogen-bond acceptors (Lipinski definition) is 5. The van der Waals surface area contributed by atoms with Crippen LogP contribution in [-0.2, 0) is 4.79 Å². The number of carbonyl (C=O) groups excluding carboxylic acids is 1. The summed E-state index contributed by atoms with van der Waals surface area (Å²) in [5.41, 5.74) is 2.58. The third-order valence-electron chi connectivity index (χ3n) is 3.98. The van der Waals surface area contributed by atoms with Crippen LogP contribution in [0.25, 0.3) is 22.3 Å². The molecule has 0 aliphatic rings. The number of rotatable bonds is 5. The number of carbonyl (C=O) groups is 1. The molecule has 8 heteroatoms. The Kier molecular flexibility index (Phi) is 5.10. The molecule has 0 saturated carbocycles. The van der Waals surface area contributed by atoms with Crippen molar-refractivity contribution in [1.82, 2.24) is 14.6 Å². The Labute approximate surface area is 170 Å². The first-order chi connectivity index (χ1) is 13.6. The summed E-state index contributed by atoms with van der Waals surface area (Å²) in [5.74, 6) is 0.661. The molecule has 0 saturated heterocycles. The lowest BCUT2D eigenvalue weighted by Gasteiger charge is -2.06. The Hall–Kier alpha value is -3.16. The van der Waals surface area contributed by atoms with Crippen LogP contribution in [0.5, 0.6) is 5.75 Å². The summed E-state index contributed by atoms with van der Waals surface area (Å²) < 4.78 is 7.12. The summed E-state index contributed by atoms with van der Waals surface area (Å²) in [5, 5.41) is 9.66. The largest absolute Gasteiger partial charge is 0.496 e. The van der Waals surface area contributed by atoms with Gasteiger partial charge < -0.3 is 4.74 Å². The van der Waals surface area contributed by atoms with Crippen molar-refractivity contribution in [2.75, 3.05) is 12.4 Å². The Balaban J connectivity index is 1.56. The number of thiazole rings is 1. The van der Waals surface area contributed by atoms with Crippen LogP contribution in [-0.4, -0.2) is 27.6 Å². The Morgan fingerprint density at radius 1 is 1.25 bits per heavy atom. The minimum Gasteiger partial charge on any atom is -0.496 e. The zero-order valence-electron chi connectivity index (χ0n) is 14.8. The van der Waals surface area contributed by atoms with E-state index in [1.165, 1.54) is 17.4 Å². The number of halogens is 1. The van der Waals surface area contributed by atoms with Gasteiger partial charge in [-0.1, -0.05) is 35.9 Å². The molecule has 1 amide bonds. The molecule has 0 atom stereocenters. The van der Waals surface area contributed by atoms with Crippen LogP contribution in [0.15, 0.2) is 60.0 Å². The molecule has 1 N–H and O–H groups in total. The van der Waals surface area contributed by atoms with Gasteiger partial charge in [0.05, 0.1) is 12.8 Å². The average Bonchev–Trinajstić information content (AvgIpc) is 3.26. The van der Waals surface area contributed by atoms with Gasteiger partial charge in [-0.25, -0.2) is 4.52 Å². The van der Waals surface area contributed by atoms with E-state index < -0.39 is 0 Å². The van der Waals surface area contributed by atoms with Crippen LogP contribution in [0.1, 0.15) is 5.56 Å². The summed E-state index contributed by atoms with van der Waals surface area (Å²) in [6.07, 6.45) is 3.10. The minimum absolute atomic E-state index is 0.240. The van der Waals surface area contributed by atoms with Crippen LogP contribution in [0.2, 0.25) is 5.02 Å². The fourth-order valence-electron chi connectivity index (χ4n) is 2.71. The third-order valence-corrected chi connectivity index (χ3v) is 5.03. The van der Waals surface area contributed by atoms with E-state index in [0.717, 1.165) is 22.6 Å². The molecule has 0 aliphatic heterocycles. The second kappa shape index (κ2) is 7.84. The van der Waals surface area contributed by atoms with Crippen LogP contribution in [0.3, 0.4) is 0 Å². The van der Waals surface area contributed by atoms with Gasteiger partial charge >= 0.3 is 0 Å². The van der Waals surface area contributed by atoms with Crippen molar-refractivity contribution in [2.24, 2.45) is 0 Å². The number of methoxy groups -OCH3 is 1. The number of hydrogen-bond donors (Lipinski definition) is 1. The zero-order valence-corrected chi connectivity index (χ0v) is 16.4. The molecule has 0 aliphatic carbocycles. The van der Waals surface area contributed by atoms with Gasteiger partial charge in [-0.15, -0.1) is 16.4 Å². The van der Waals surface area contributed by atoms with E-state index in [4.69, 9.17) is 16.3 Å². The maximum absolute atomic E-state index is 12.2. The average molecular weight is 411 g/mol. The fraction of sp³-hybridized carbons (Fsp3) is 0.0500. The smallest absolute Gasteiger partial charge is 0.250 e. The first-order valence-electron chi connectivity index (χ1n) is 8.36. The summed E-state index contributed by atoms with van der Waals surface area (Å²) >= 11 is 7.38. The summed E-state index contributed by atoms with van der Waals surface area (Å²) in [6, 6.07) is 14.9. The number of amides is 1. The van der Waals surface area contributed by atoms with E-state index in [0.29, 0.717) is 9.98 Å². The molecule has 2 aromatic carbocycles. The number of nitrogens with one attached hydrogen (secondary N) is 1. The molecule has 4 rings (SSSR count). The molecule has 0 bridgehead atoms. The van der Waals surface area contributed by atoms with E-state index >= 15 is 0 Å². The van der Waals surface area contributed by atoms with Crippen LogP contribution < -0.4 is 10.1 Å². The molecule has 6 nitrogen and oxygen atoms in total. The van der Waals surface area contributed by atoms with Crippen LogP contribution >= 0.6 is 22.9 Å². The van der Waals surface area contributed by atoms with Crippen molar-refractivity contribution < 1.29 is 9.53 Å². The van der Waals surface area contributed by atoms with Gasteiger partial charge in [-0.05, 0) is 35.9 Å². The van der Waals surface area contributed by atoms with Crippen molar-refractivity contribution in [3.63, 3.8) is 0 Å². The predicted molar refractivity (Wildman–Crippen MR) is 112 cm³/mol. The number of fused-ring (bicyclic) bond motifs is 1. The highest BCUT2D eigenvalue weighted by molar-refractivity contribution is 7.15. The minimum atomic E-state index is -0.322. The number of anilines is 1. The van der Waals surface area contributed by atoms with E-state index in [9.17, 15) is 4.79 Å². The van der Waals surface area contributed by atoms with Crippen molar-refractivity contribution in [2.45, 2.75) is 0 Å². The highest BCUT2D eigenvalue weighted by Crippen LogP contribution is 2.32. The molecule has 0 radical (unpaired) electrons. The summed E-state index contributed by atoms with van der Waals surface area (Å²) in [6.45, 7) is 0. The molecule has 4 aromatic rings. The standard InChI is InChI=1S/C20H15ClN4O2S/c1-27-17-8-3-2-7-15(17)16-12-28-20-23-19(24-25(16)20)22-18(26)10-9-13-5-4-6-14(21)11-13/h2-12H,1H3,(H,22,24,26)/b10-9+. The van der Waals surface area contributed by atoms with E-state index in [1.54, 1.807) is 29.8 Å². The number of para-hydroxylation sites is 1. The van der Waals surface area contributed by atoms with Crippen molar-refractivity contribution in [3.8, 4) is 17.0 Å². The molecule has 28 heavy (non-hydrogen) atoms. The van der Waals surface area contributed by atoms with Gasteiger partial charge in [0.25, 0.3) is 11.9 Å². The second-order valence-corrected chi connectivity index (χ2v) is 7.10. The van der Waals surface area contributed by atoms with Crippen LogP contribution in [0.4, 0.5) is 5.95 Å². The van der Waals surface area contributed by atoms with Gasteiger partial charge in [0.2, 0.25) is 4.96 Å². The summed E-state index contributed by atoms with van der Waals surface area (Å²) in [4.78, 5) is 17.2. The van der Waals surface area contributed by atoms with Gasteiger partial charge in [0.15, 0.2) is 0 Å². The van der Waals surface area contributed by atoms with E-state index in [2.05, 4.69) is 15.4 Å². The Morgan fingerprint density at radius 3 is 2.93 bits per heavy atom. The molecular weight excluding hydrogens is 396 g/mol. The Morgan fingerprint density at radius 2 is 2.11 bits per heavy atom. The topological polar surface area (TPSA) is 68.5 Å². The van der Waals surface area contributed by atoms with Gasteiger partial charge in [-0.2, -0.15) is 4.98 Å². The maximum Gasteiger partial charge on any atom is 0.250 e. The highest BCUT2D eigenvalue weighted by atomic mass is 35.5. The third kappa shape index (κ3) is 3.76. The lowest BCUT2D eigenvalue weighted by Crippen LogP contribution is -2.09. The highest BCUT2D eigenvalue weighted by Gasteiger charge is 2.15. The first-order valence-corrected chi connectivity index (χ1v) is 9.62. The first kappa shape index (κ1) is 18.2. The molecule has 0 unspecified atom stereocenters. The van der Waals surface area contributed by atoms with Gasteiger partial charge in [0.1, 0.15) is 5.75 Å². The fourth-order valence-corrected chi connectivity index (χ4v) is 3.73. The Bertz CT molecular complexity index is 1180. The lowest BCUT2D eigenvalue weighted by molar-refractivity contribution is -0.111. The number of aromatic nitrogens is 3. The zero-order chi connectivity index (χ0) is 19.5. The second-order valence-electron chi connectivity index (χ2n) is 5.83. The number of nitrogens with zero attached hydrogens (tertiary/aromatic N) is 3. The van der Waals surface area contributed by atoms with Gasteiger partial charge in [-0.3, -0.25) is 10.1 Å². The van der Waals surface area contributed by atoms with Crippen molar-refractivity contribution in [1.29, 1.82) is 0 Å². The predicted octanol–water partition coefficient (Wildman–Crippen LogP) is 4.77. The molecular formula is C20H15ClN4O2S. The van der Waals surface area contributed by atoms with Crippen molar-refractivity contribution >= 4 is 45.8 Å². The van der Waals surface area contributed by atoms with E-state index in [1.807, 2.05) is 41.8 Å². The quantitative estimate of drug-likeness (QED) is 0.481.